The van der Waals surface area contributed by atoms with Gasteiger partial charge in [0.1, 0.15) is 0 Å². The molecule has 0 radical (unpaired) electrons. The summed E-state index contributed by atoms with van der Waals surface area (Å²) in [5.74, 6) is 0.141. The lowest BCUT2D eigenvalue weighted by Gasteiger charge is -2.33. The number of nitrogens with one attached hydrogen (secondary N) is 2. The molecule has 1 aliphatic rings. The van der Waals surface area contributed by atoms with Gasteiger partial charge in [0, 0.05) is 12.1 Å². The van der Waals surface area contributed by atoms with Gasteiger partial charge in [0.2, 0.25) is 5.91 Å². The van der Waals surface area contributed by atoms with Crippen LogP contribution in [0.2, 0.25) is 0 Å². The molecular formula is C16H33N3O. The Bertz CT molecular complexity index is 275. The number of rotatable bonds is 8. The summed E-state index contributed by atoms with van der Waals surface area (Å²) in [5, 5.41) is 6.58. The fraction of sp³-hybridized carbons (Fsp3) is 0.938. The Morgan fingerprint density at radius 2 is 1.85 bits per heavy atom. The molecule has 0 bridgehead atoms. The maximum Gasteiger partial charge on any atom is 0.237 e. The van der Waals surface area contributed by atoms with Crippen LogP contribution in [0.1, 0.15) is 59.8 Å². The molecule has 0 aromatic rings. The highest BCUT2D eigenvalue weighted by Gasteiger charge is 2.22. The Balaban J connectivity index is 2.25. The normalized spacial score (nSPS) is 20.6. The van der Waals surface area contributed by atoms with Crippen LogP contribution in [0.3, 0.4) is 0 Å². The minimum Gasteiger partial charge on any atom is -0.352 e. The molecule has 1 saturated heterocycles. The van der Waals surface area contributed by atoms with Gasteiger partial charge >= 0.3 is 0 Å². The fourth-order valence-electron chi connectivity index (χ4n) is 2.94. The number of amides is 1. The number of hydrogen-bond donors (Lipinski definition) is 2. The van der Waals surface area contributed by atoms with E-state index in [1.807, 2.05) is 6.92 Å². The van der Waals surface area contributed by atoms with Gasteiger partial charge < -0.3 is 15.5 Å². The molecule has 0 aromatic carbocycles. The van der Waals surface area contributed by atoms with Crippen molar-refractivity contribution >= 4 is 5.91 Å². The van der Waals surface area contributed by atoms with Gasteiger partial charge in [-0.2, -0.15) is 0 Å². The van der Waals surface area contributed by atoms with Crippen molar-refractivity contribution < 1.29 is 4.79 Å². The number of hydrogen-bond acceptors (Lipinski definition) is 3. The third-order valence-electron chi connectivity index (χ3n) is 4.12. The number of carbonyl (C=O) groups is 1. The lowest BCUT2D eigenvalue weighted by Crippen LogP contribution is -2.51. The maximum atomic E-state index is 12.1. The molecule has 0 spiro atoms. The molecule has 0 aliphatic carbocycles. The molecule has 1 heterocycles. The molecule has 1 fully saturated rings. The quantitative estimate of drug-likeness (QED) is 0.717. The number of nitrogens with zero attached hydrogens (tertiary/aromatic N) is 1. The zero-order valence-electron chi connectivity index (χ0n) is 13.7. The van der Waals surface area contributed by atoms with Gasteiger partial charge in [-0.1, -0.05) is 20.3 Å². The van der Waals surface area contributed by atoms with Crippen LogP contribution in [0, 0.1) is 0 Å². The number of carbonyl (C=O) groups excluding carboxylic acids is 1. The molecule has 2 atom stereocenters. The average Bonchev–Trinajstić information content (AvgIpc) is 2.41. The Morgan fingerprint density at radius 1 is 1.20 bits per heavy atom. The van der Waals surface area contributed by atoms with Crippen LogP contribution in [0.15, 0.2) is 0 Å². The Morgan fingerprint density at radius 3 is 2.40 bits per heavy atom. The molecule has 1 rings (SSSR count). The fourth-order valence-corrected chi connectivity index (χ4v) is 2.94. The van der Waals surface area contributed by atoms with Crippen molar-refractivity contribution in [2.24, 2.45) is 0 Å². The minimum absolute atomic E-state index is 0.0861. The largest absolute Gasteiger partial charge is 0.352 e. The van der Waals surface area contributed by atoms with E-state index in [9.17, 15) is 4.79 Å². The lowest BCUT2D eigenvalue weighted by atomic mass is 10.0. The highest BCUT2D eigenvalue weighted by molar-refractivity contribution is 5.81. The second kappa shape index (κ2) is 9.35. The maximum absolute atomic E-state index is 12.1. The Labute approximate surface area is 124 Å². The van der Waals surface area contributed by atoms with Crippen LogP contribution in [0.25, 0.3) is 0 Å². The summed E-state index contributed by atoms with van der Waals surface area (Å²) in [6.45, 7) is 12.0. The smallest absolute Gasteiger partial charge is 0.237 e. The van der Waals surface area contributed by atoms with E-state index in [1.54, 1.807) is 0 Å². The van der Waals surface area contributed by atoms with E-state index in [4.69, 9.17) is 0 Å². The predicted octanol–water partition coefficient (Wildman–Crippen LogP) is 2.14. The minimum atomic E-state index is -0.0861. The van der Waals surface area contributed by atoms with Gasteiger partial charge in [-0.15, -0.1) is 0 Å². The molecule has 0 aromatic heterocycles. The second-order valence-electron chi connectivity index (χ2n) is 6.20. The summed E-state index contributed by atoms with van der Waals surface area (Å²) < 4.78 is 0. The van der Waals surface area contributed by atoms with Crippen LogP contribution in [0.5, 0.6) is 0 Å². The molecule has 118 valence electrons. The summed E-state index contributed by atoms with van der Waals surface area (Å²) in [4.78, 5) is 14.6. The van der Waals surface area contributed by atoms with E-state index in [1.165, 1.54) is 13.0 Å². The van der Waals surface area contributed by atoms with Crippen LogP contribution >= 0.6 is 0 Å². The van der Waals surface area contributed by atoms with Crippen molar-refractivity contribution in [1.29, 1.82) is 0 Å². The van der Waals surface area contributed by atoms with Crippen molar-refractivity contribution in [2.75, 3.05) is 19.6 Å². The molecule has 0 saturated carbocycles. The average molecular weight is 283 g/mol. The first-order chi connectivity index (χ1) is 9.56. The van der Waals surface area contributed by atoms with E-state index in [0.29, 0.717) is 6.04 Å². The topological polar surface area (TPSA) is 44.4 Å². The molecule has 4 heteroatoms. The van der Waals surface area contributed by atoms with E-state index < -0.39 is 0 Å². The lowest BCUT2D eigenvalue weighted by molar-refractivity contribution is -0.123. The molecule has 20 heavy (non-hydrogen) atoms. The number of likely N-dealkylation sites (tertiary alicyclic amines) is 1. The highest BCUT2D eigenvalue weighted by atomic mass is 16.2. The van der Waals surface area contributed by atoms with Gasteiger partial charge in [-0.3, -0.25) is 4.79 Å². The predicted molar refractivity (Wildman–Crippen MR) is 84.9 cm³/mol. The summed E-state index contributed by atoms with van der Waals surface area (Å²) in [6.07, 6.45) is 5.70. The Hall–Kier alpha value is -0.610. The molecule has 4 nitrogen and oxygen atoms in total. The van der Waals surface area contributed by atoms with Crippen molar-refractivity contribution in [3.05, 3.63) is 0 Å². The van der Waals surface area contributed by atoms with Crippen LogP contribution in [-0.4, -0.2) is 48.6 Å². The zero-order chi connectivity index (χ0) is 15.0. The molecular weight excluding hydrogens is 250 g/mol. The van der Waals surface area contributed by atoms with Crippen molar-refractivity contribution in [3.8, 4) is 0 Å². The molecule has 1 amide bonds. The first-order valence-electron chi connectivity index (χ1n) is 8.35. The van der Waals surface area contributed by atoms with Crippen molar-refractivity contribution in [3.63, 3.8) is 0 Å². The van der Waals surface area contributed by atoms with E-state index in [0.717, 1.165) is 38.8 Å². The Kier molecular flexibility index (Phi) is 8.15. The molecule has 2 N–H and O–H groups in total. The van der Waals surface area contributed by atoms with Gasteiger partial charge in [-0.25, -0.2) is 0 Å². The summed E-state index contributed by atoms with van der Waals surface area (Å²) in [6, 6.07) is 0.686. The van der Waals surface area contributed by atoms with Crippen LogP contribution < -0.4 is 10.6 Å². The SMILES string of the molecule is CCCC(C)NC(=O)C(C)NC1CCN(CCC)CC1. The van der Waals surface area contributed by atoms with Gasteiger partial charge in [-0.05, 0) is 59.2 Å². The van der Waals surface area contributed by atoms with Crippen molar-refractivity contribution in [2.45, 2.75) is 77.9 Å². The van der Waals surface area contributed by atoms with Crippen LogP contribution in [-0.2, 0) is 4.79 Å². The zero-order valence-corrected chi connectivity index (χ0v) is 13.7. The summed E-state index contributed by atoms with van der Waals surface area (Å²) in [7, 11) is 0. The van der Waals surface area contributed by atoms with Gasteiger partial charge in [0.15, 0.2) is 0 Å². The third-order valence-corrected chi connectivity index (χ3v) is 4.12. The van der Waals surface area contributed by atoms with Gasteiger partial charge in [0.05, 0.1) is 6.04 Å². The highest BCUT2D eigenvalue weighted by Crippen LogP contribution is 2.11. The summed E-state index contributed by atoms with van der Waals surface area (Å²) >= 11 is 0. The van der Waals surface area contributed by atoms with E-state index in [2.05, 4.69) is 36.3 Å². The summed E-state index contributed by atoms with van der Waals surface area (Å²) in [5.41, 5.74) is 0. The monoisotopic (exact) mass is 283 g/mol. The first-order valence-corrected chi connectivity index (χ1v) is 8.35. The van der Waals surface area contributed by atoms with Crippen LogP contribution in [0.4, 0.5) is 0 Å². The standard InChI is InChI=1S/C16H33N3O/c1-5-7-13(3)17-16(20)14(4)18-15-8-11-19(10-6-2)12-9-15/h13-15,18H,5-12H2,1-4H3,(H,17,20). The first kappa shape index (κ1) is 17.4. The third kappa shape index (κ3) is 6.23. The van der Waals surface area contributed by atoms with Crippen molar-refractivity contribution in [1.82, 2.24) is 15.5 Å². The molecule has 1 aliphatic heterocycles. The van der Waals surface area contributed by atoms with E-state index >= 15 is 0 Å². The molecule has 2 unspecified atom stereocenters. The van der Waals surface area contributed by atoms with Gasteiger partial charge in [0.25, 0.3) is 0 Å². The second-order valence-corrected chi connectivity index (χ2v) is 6.20. The number of piperidine rings is 1. The van der Waals surface area contributed by atoms with E-state index in [-0.39, 0.29) is 18.0 Å².